The SMILES string of the molecule is CC(=O)c1cc([N+](=O)[O-])sc1C(=O)CN. The van der Waals surface area contributed by atoms with E-state index in [0.29, 0.717) is 11.3 Å². The van der Waals surface area contributed by atoms with Crippen LogP contribution >= 0.6 is 11.3 Å². The van der Waals surface area contributed by atoms with E-state index in [-0.39, 0.29) is 27.8 Å². The molecule has 7 heteroatoms. The van der Waals surface area contributed by atoms with Crippen molar-refractivity contribution in [3.05, 3.63) is 26.6 Å². The molecule has 0 radical (unpaired) electrons. The highest BCUT2D eigenvalue weighted by atomic mass is 32.1. The Balaban J connectivity index is 3.29. The molecule has 2 N–H and O–H groups in total. The molecule has 0 aliphatic carbocycles. The summed E-state index contributed by atoms with van der Waals surface area (Å²) in [6, 6.07) is 1.11. The predicted octanol–water partition coefficient (Wildman–Crippen LogP) is 1.00. The Bertz CT molecular complexity index is 438. The standard InChI is InChI=1S/C8H8N2O4S/c1-4(11)5-2-7(10(13)14)15-8(5)6(12)3-9/h2H,3,9H2,1H3. The lowest BCUT2D eigenvalue weighted by atomic mass is 10.1. The van der Waals surface area contributed by atoms with Gasteiger partial charge in [-0.1, -0.05) is 11.3 Å². The summed E-state index contributed by atoms with van der Waals surface area (Å²) in [4.78, 5) is 32.3. The quantitative estimate of drug-likeness (QED) is 0.470. The van der Waals surface area contributed by atoms with Crippen LogP contribution in [0.1, 0.15) is 27.0 Å². The fourth-order valence-electron chi connectivity index (χ4n) is 1.03. The average molecular weight is 228 g/mol. The van der Waals surface area contributed by atoms with Gasteiger partial charge in [0.05, 0.1) is 16.3 Å². The van der Waals surface area contributed by atoms with Crippen LogP contribution in [-0.4, -0.2) is 23.0 Å². The molecule has 15 heavy (non-hydrogen) atoms. The van der Waals surface area contributed by atoms with E-state index in [0.717, 1.165) is 6.07 Å². The molecule has 80 valence electrons. The Kier molecular flexibility index (Phi) is 3.28. The second-order valence-electron chi connectivity index (χ2n) is 2.77. The molecule has 1 aromatic heterocycles. The van der Waals surface area contributed by atoms with E-state index in [9.17, 15) is 19.7 Å². The maximum absolute atomic E-state index is 11.3. The first-order chi connectivity index (χ1) is 6.97. The smallest absolute Gasteiger partial charge is 0.324 e. The summed E-state index contributed by atoms with van der Waals surface area (Å²) in [5, 5.41) is 10.2. The summed E-state index contributed by atoms with van der Waals surface area (Å²) >= 11 is 0.679. The number of nitrogens with two attached hydrogens (primary N) is 1. The molecular weight excluding hydrogens is 220 g/mol. The highest BCUT2D eigenvalue weighted by Crippen LogP contribution is 2.29. The second-order valence-corrected chi connectivity index (χ2v) is 3.80. The third kappa shape index (κ3) is 2.25. The molecule has 0 atom stereocenters. The zero-order chi connectivity index (χ0) is 11.6. The minimum Gasteiger partial charge on any atom is -0.324 e. The van der Waals surface area contributed by atoms with Crippen molar-refractivity contribution in [2.24, 2.45) is 5.73 Å². The first kappa shape index (κ1) is 11.5. The number of carbonyl (C=O) groups excluding carboxylic acids is 2. The minimum atomic E-state index is -0.635. The van der Waals surface area contributed by atoms with Crippen molar-refractivity contribution in [3.8, 4) is 0 Å². The van der Waals surface area contributed by atoms with Crippen LogP contribution in [0.5, 0.6) is 0 Å². The summed E-state index contributed by atoms with van der Waals surface area (Å²) in [5.41, 5.74) is 5.21. The number of nitro groups is 1. The Morgan fingerprint density at radius 3 is 2.60 bits per heavy atom. The number of nitrogens with zero attached hydrogens (tertiary/aromatic N) is 1. The lowest BCUT2D eigenvalue weighted by Gasteiger charge is -1.94. The summed E-state index contributed by atoms with van der Waals surface area (Å²) in [6.45, 7) is 0.983. The molecule has 0 amide bonds. The topological polar surface area (TPSA) is 103 Å². The van der Waals surface area contributed by atoms with E-state index in [1.165, 1.54) is 6.92 Å². The van der Waals surface area contributed by atoms with Gasteiger partial charge >= 0.3 is 5.00 Å². The largest absolute Gasteiger partial charge is 0.325 e. The molecule has 1 heterocycles. The highest BCUT2D eigenvalue weighted by molar-refractivity contribution is 7.17. The van der Waals surface area contributed by atoms with Crippen molar-refractivity contribution in [2.45, 2.75) is 6.92 Å². The zero-order valence-corrected chi connectivity index (χ0v) is 8.67. The zero-order valence-electron chi connectivity index (χ0n) is 7.85. The van der Waals surface area contributed by atoms with Gasteiger partial charge in [0.25, 0.3) is 0 Å². The van der Waals surface area contributed by atoms with Crippen LogP contribution in [0, 0.1) is 10.1 Å². The van der Waals surface area contributed by atoms with Crippen LogP contribution in [0.2, 0.25) is 0 Å². The number of ketones is 2. The monoisotopic (exact) mass is 228 g/mol. The molecule has 0 aliphatic heterocycles. The van der Waals surface area contributed by atoms with Gasteiger partial charge in [-0.05, 0) is 6.92 Å². The van der Waals surface area contributed by atoms with Crippen LogP contribution in [0.15, 0.2) is 6.07 Å². The van der Waals surface area contributed by atoms with Gasteiger partial charge in [0.15, 0.2) is 11.6 Å². The van der Waals surface area contributed by atoms with Crippen molar-refractivity contribution in [3.63, 3.8) is 0 Å². The fraction of sp³-hybridized carbons (Fsp3) is 0.250. The molecule has 0 fully saturated rings. The Morgan fingerprint density at radius 1 is 1.60 bits per heavy atom. The van der Waals surface area contributed by atoms with Gasteiger partial charge in [0.2, 0.25) is 0 Å². The van der Waals surface area contributed by atoms with Crippen LogP contribution < -0.4 is 5.73 Å². The number of Topliss-reactive ketones (excluding diaryl/α,β-unsaturated/α-hetero) is 2. The van der Waals surface area contributed by atoms with Crippen LogP contribution in [0.3, 0.4) is 0 Å². The van der Waals surface area contributed by atoms with E-state index >= 15 is 0 Å². The molecule has 0 unspecified atom stereocenters. The predicted molar refractivity (Wildman–Crippen MR) is 54.4 cm³/mol. The van der Waals surface area contributed by atoms with Gasteiger partial charge in [-0.15, -0.1) is 0 Å². The number of hydrogen-bond acceptors (Lipinski definition) is 6. The first-order valence-corrected chi connectivity index (χ1v) is 4.81. The molecule has 0 spiro atoms. The molecular formula is C8H8N2O4S. The van der Waals surface area contributed by atoms with Crippen molar-refractivity contribution in [1.29, 1.82) is 0 Å². The highest BCUT2D eigenvalue weighted by Gasteiger charge is 2.22. The molecule has 0 bridgehead atoms. The number of thiophene rings is 1. The van der Waals surface area contributed by atoms with E-state index < -0.39 is 10.7 Å². The van der Waals surface area contributed by atoms with E-state index in [2.05, 4.69) is 0 Å². The third-order valence-electron chi connectivity index (χ3n) is 1.72. The number of carbonyl (C=O) groups is 2. The summed E-state index contributed by atoms with van der Waals surface area (Å²) in [7, 11) is 0. The van der Waals surface area contributed by atoms with Gasteiger partial charge in [-0.2, -0.15) is 0 Å². The molecule has 0 saturated heterocycles. The van der Waals surface area contributed by atoms with Crippen molar-refractivity contribution in [1.82, 2.24) is 0 Å². The molecule has 0 aromatic carbocycles. The minimum absolute atomic E-state index is 0.0664. The molecule has 1 aromatic rings. The molecule has 1 rings (SSSR count). The van der Waals surface area contributed by atoms with Gasteiger partial charge < -0.3 is 5.73 Å². The van der Waals surface area contributed by atoms with Crippen LogP contribution in [0.25, 0.3) is 0 Å². The van der Waals surface area contributed by atoms with Crippen LogP contribution in [0.4, 0.5) is 5.00 Å². The summed E-state index contributed by atoms with van der Waals surface area (Å²) < 4.78 is 0. The summed E-state index contributed by atoms with van der Waals surface area (Å²) in [5.74, 6) is -0.838. The Morgan fingerprint density at radius 2 is 2.20 bits per heavy atom. The van der Waals surface area contributed by atoms with E-state index in [4.69, 9.17) is 5.73 Å². The number of rotatable bonds is 4. The maximum atomic E-state index is 11.3. The third-order valence-corrected chi connectivity index (χ3v) is 2.84. The van der Waals surface area contributed by atoms with Gasteiger partial charge in [0.1, 0.15) is 0 Å². The van der Waals surface area contributed by atoms with E-state index in [1.54, 1.807) is 0 Å². The lowest BCUT2D eigenvalue weighted by molar-refractivity contribution is -0.380. The Hall–Kier alpha value is -1.60. The van der Waals surface area contributed by atoms with Crippen LogP contribution in [-0.2, 0) is 0 Å². The van der Waals surface area contributed by atoms with Gasteiger partial charge in [0, 0.05) is 11.6 Å². The summed E-state index contributed by atoms with van der Waals surface area (Å²) in [6.07, 6.45) is 0. The van der Waals surface area contributed by atoms with Gasteiger partial charge in [-0.25, -0.2) is 0 Å². The van der Waals surface area contributed by atoms with Gasteiger partial charge in [-0.3, -0.25) is 19.7 Å². The van der Waals surface area contributed by atoms with Crippen molar-refractivity contribution >= 4 is 27.9 Å². The van der Waals surface area contributed by atoms with Crippen molar-refractivity contribution in [2.75, 3.05) is 6.54 Å². The Labute approximate surface area is 88.8 Å². The maximum Gasteiger partial charge on any atom is 0.325 e. The fourth-order valence-corrected chi connectivity index (χ4v) is 2.00. The van der Waals surface area contributed by atoms with E-state index in [1.807, 2.05) is 0 Å². The normalized spacial score (nSPS) is 10.0. The second kappa shape index (κ2) is 4.28. The molecule has 6 nitrogen and oxygen atoms in total. The molecule has 0 aliphatic rings. The van der Waals surface area contributed by atoms with Crippen molar-refractivity contribution < 1.29 is 14.5 Å². The molecule has 0 saturated carbocycles. The first-order valence-electron chi connectivity index (χ1n) is 3.99. The average Bonchev–Trinajstić information content (AvgIpc) is 2.61. The lowest BCUT2D eigenvalue weighted by Crippen LogP contribution is -2.14. The number of hydrogen-bond donors (Lipinski definition) is 1.